The van der Waals surface area contributed by atoms with Crippen LogP contribution < -0.4 is 16.7 Å². The van der Waals surface area contributed by atoms with Crippen LogP contribution in [-0.2, 0) is 18.8 Å². The van der Waals surface area contributed by atoms with Crippen LogP contribution in [-0.4, -0.2) is 194 Å². The lowest BCUT2D eigenvalue weighted by atomic mass is 10.1. The van der Waals surface area contributed by atoms with Crippen molar-refractivity contribution in [1.82, 2.24) is 58.6 Å². The van der Waals surface area contributed by atoms with Crippen molar-refractivity contribution in [3.63, 3.8) is 0 Å². The minimum absolute atomic E-state index is 0.111. The molecule has 6 aromatic heterocycles. The Balaban J connectivity index is 0.000000147. The van der Waals surface area contributed by atoms with E-state index >= 15 is 0 Å². The second-order valence-corrected chi connectivity index (χ2v) is 14.4. The molecule has 0 aliphatic carbocycles. The number of aromatic amines is 3. The van der Waals surface area contributed by atoms with E-state index in [1.165, 1.54) is 51.7 Å². The van der Waals surface area contributed by atoms with Crippen LogP contribution >= 0.6 is 7.82 Å². The molecule has 12 atom stereocenters. The van der Waals surface area contributed by atoms with Crippen molar-refractivity contribution < 1.29 is 79.4 Å². The van der Waals surface area contributed by atoms with E-state index in [1.54, 1.807) is 0 Å². The van der Waals surface area contributed by atoms with E-state index in [9.17, 15) is 45.0 Å². The summed E-state index contributed by atoms with van der Waals surface area (Å²) >= 11 is 0. The molecule has 338 valence electrons. The Morgan fingerprint density at radius 2 is 0.726 bits per heavy atom. The molecule has 0 spiro atoms. The highest BCUT2D eigenvalue weighted by Gasteiger charge is 2.46. The van der Waals surface area contributed by atoms with Gasteiger partial charge in [0.05, 0.1) is 57.8 Å². The number of hydrogen-bond donors (Lipinski definition) is 15. The lowest BCUT2D eigenvalue weighted by molar-refractivity contribution is -0.0511. The fourth-order valence-electron chi connectivity index (χ4n) is 6.48. The fourth-order valence-corrected chi connectivity index (χ4v) is 6.48. The number of aliphatic hydroxyl groups excluding tert-OH is 9. The molecule has 3 aliphatic heterocycles. The quantitative estimate of drug-likeness (QED) is 0.0690. The molecule has 0 radical (unpaired) electrons. The molecule has 15 N–H and O–H groups in total. The van der Waals surface area contributed by atoms with Crippen molar-refractivity contribution in [3.05, 3.63) is 69.0 Å². The standard InChI is InChI=1S/3C10H12N4O5.H3O4P/c3*15-1-4-6(16)7(17)10(19-4)14-3-13-5-8(14)11-2-12-9(5)18;1-5(2,3)4/h3*2-4,6-7,10,15-17H,1H2,(H,11,12,18);(H3,1,2,3,4)/t3*4-,6-,7-,10-;/m111./s1. The van der Waals surface area contributed by atoms with E-state index in [4.69, 9.17) is 48.8 Å². The van der Waals surface area contributed by atoms with Gasteiger partial charge in [0.1, 0.15) is 54.9 Å². The number of imidazole rings is 3. The monoisotopic (exact) mass is 902 g/mol. The van der Waals surface area contributed by atoms with E-state index in [2.05, 4.69) is 44.9 Å². The summed E-state index contributed by atoms with van der Waals surface area (Å²) in [4.78, 5) is 86.8. The Morgan fingerprint density at radius 1 is 0.484 bits per heavy atom. The fraction of sp³-hybridized carbons (Fsp3) is 0.500. The minimum atomic E-state index is -4.64. The Labute approximate surface area is 341 Å². The van der Waals surface area contributed by atoms with Crippen LogP contribution in [0, 0.1) is 0 Å². The molecule has 0 aromatic carbocycles. The number of H-pyrrole nitrogens is 3. The zero-order valence-electron chi connectivity index (χ0n) is 31.2. The van der Waals surface area contributed by atoms with Gasteiger partial charge in [0.2, 0.25) is 0 Å². The summed E-state index contributed by atoms with van der Waals surface area (Å²) in [6.45, 7) is -1.26. The summed E-state index contributed by atoms with van der Waals surface area (Å²) in [5.74, 6) is 0. The normalized spacial score (nSPS) is 29.5. The first-order valence-corrected chi connectivity index (χ1v) is 19.3. The molecule has 6 aromatic rings. The number of rotatable bonds is 6. The van der Waals surface area contributed by atoms with E-state index in [0.29, 0.717) is 0 Å². The van der Waals surface area contributed by atoms with Crippen LogP contribution in [0.3, 0.4) is 0 Å². The SMILES string of the molecule is O=P(O)(O)O.O=c1[nH]cnc2c1ncn2[C@@H]1O[C@H](CO)[C@@H](O)[C@H]1O.O=c1[nH]cnc2c1ncn2[C@@H]1O[C@H](CO)[C@@H](O)[C@H]1O.O=c1[nH]cnc2c1ncn2[C@@H]1O[C@H](CO)[C@@H](O)[C@H]1O. The molecule has 9 heterocycles. The third kappa shape index (κ3) is 9.37. The second-order valence-electron chi connectivity index (χ2n) is 13.4. The molecule has 31 nitrogen and oxygen atoms in total. The summed E-state index contributed by atoms with van der Waals surface area (Å²) in [7, 11) is -4.64. The third-order valence-corrected chi connectivity index (χ3v) is 9.47. The van der Waals surface area contributed by atoms with Crippen LogP contribution in [0.4, 0.5) is 0 Å². The molecule has 9 rings (SSSR count). The molecule has 0 unspecified atom stereocenters. The number of phosphoric acid groups is 1. The molecular formula is C30H39N12O19P. The first kappa shape index (κ1) is 46.2. The Kier molecular flexibility index (Phi) is 14.1. The van der Waals surface area contributed by atoms with Crippen LogP contribution in [0.25, 0.3) is 33.5 Å². The average molecular weight is 903 g/mol. The predicted octanol–water partition coefficient (Wildman–Crippen LogP) is -7.74. The first-order valence-electron chi connectivity index (χ1n) is 17.8. The summed E-state index contributed by atoms with van der Waals surface area (Å²) in [6.07, 6.45) is -5.35. The van der Waals surface area contributed by atoms with Gasteiger partial charge in [-0.3, -0.25) is 28.1 Å². The van der Waals surface area contributed by atoms with Gasteiger partial charge >= 0.3 is 7.82 Å². The van der Waals surface area contributed by atoms with Crippen molar-refractivity contribution in [1.29, 1.82) is 0 Å². The first-order chi connectivity index (χ1) is 29.4. The van der Waals surface area contributed by atoms with E-state index in [-0.39, 0.29) is 33.5 Å². The number of nitrogens with zero attached hydrogens (tertiary/aromatic N) is 9. The van der Waals surface area contributed by atoms with Gasteiger partial charge in [0.15, 0.2) is 52.2 Å². The molecule has 3 saturated heterocycles. The lowest BCUT2D eigenvalue weighted by Gasteiger charge is -2.16. The molecule has 3 fully saturated rings. The van der Waals surface area contributed by atoms with Gasteiger partial charge in [-0.2, -0.15) is 0 Å². The zero-order valence-corrected chi connectivity index (χ0v) is 32.1. The molecule has 3 aliphatic rings. The Hall–Kier alpha value is -5.32. The molecular weight excluding hydrogens is 863 g/mol. The second kappa shape index (κ2) is 19.0. The largest absolute Gasteiger partial charge is 0.466 e. The van der Waals surface area contributed by atoms with Gasteiger partial charge in [-0.05, 0) is 0 Å². The predicted molar refractivity (Wildman–Crippen MR) is 198 cm³/mol. The van der Waals surface area contributed by atoms with Gasteiger partial charge in [-0.25, -0.2) is 34.5 Å². The van der Waals surface area contributed by atoms with Crippen molar-refractivity contribution in [3.8, 4) is 0 Å². The number of ether oxygens (including phenoxy) is 3. The zero-order chi connectivity index (χ0) is 45.2. The molecule has 0 saturated carbocycles. The maximum Gasteiger partial charge on any atom is 0.466 e. The number of hydrogen-bond acceptors (Lipinski definition) is 22. The molecule has 32 heteroatoms. The van der Waals surface area contributed by atoms with Crippen LogP contribution in [0.15, 0.2) is 52.3 Å². The van der Waals surface area contributed by atoms with E-state index < -0.39 is 118 Å². The summed E-state index contributed by atoms with van der Waals surface area (Å²) < 4.78 is 29.0. The lowest BCUT2D eigenvalue weighted by Crippen LogP contribution is -2.33. The Bertz CT molecular complexity index is 2400. The van der Waals surface area contributed by atoms with Gasteiger partial charge in [-0.1, -0.05) is 0 Å². The summed E-state index contributed by atoms with van der Waals surface area (Å²) in [5, 5.41) is 85.9. The highest BCUT2D eigenvalue weighted by molar-refractivity contribution is 7.45. The number of aromatic nitrogens is 12. The molecule has 62 heavy (non-hydrogen) atoms. The van der Waals surface area contributed by atoms with Gasteiger partial charge in [0, 0.05) is 0 Å². The topological polar surface area (TPSA) is 478 Å². The maximum atomic E-state index is 11.5. The van der Waals surface area contributed by atoms with Crippen molar-refractivity contribution in [2.45, 2.75) is 73.6 Å². The smallest absolute Gasteiger partial charge is 0.394 e. The van der Waals surface area contributed by atoms with Crippen LogP contribution in [0.2, 0.25) is 0 Å². The number of nitrogens with one attached hydrogen (secondary N) is 3. The molecule has 0 amide bonds. The highest BCUT2D eigenvalue weighted by Crippen LogP contribution is 2.33. The summed E-state index contributed by atoms with van der Waals surface area (Å²) in [5.41, 5.74) is -0.182. The number of aliphatic hydroxyl groups is 9. The maximum absolute atomic E-state index is 11.5. The van der Waals surface area contributed by atoms with Crippen molar-refractivity contribution in [2.75, 3.05) is 19.8 Å². The van der Waals surface area contributed by atoms with Crippen molar-refractivity contribution >= 4 is 41.3 Å². The highest BCUT2D eigenvalue weighted by atomic mass is 31.2. The van der Waals surface area contributed by atoms with Gasteiger partial charge in [-0.15, -0.1) is 0 Å². The minimum Gasteiger partial charge on any atom is -0.394 e. The van der Waals surface area contributed by atoms with E-state index in [0.717, 1.165) is 0 Å². The van der Waals surface area contributed by atoms with Crippen LogP contribution in [0.1, 0.15) is 18.7 Å². The average Bonchev–Trinajstić information content (AvgIpc) is 4.09. The number of fused-ring (bicyclic) bond motifs is 3. The summed E-state index contributed by atoms with van der Waals surface area (Å²) in [6, 6.07) is 0. The Morgan fingerprint density at radius 3 is 0.935 bits per heavy atom. The third-order valence-electron chi connectivity index (χ3n) is 9.47. The van der Waals surface area contributed by atoms with Gasteiger partial charge < -0.3 is 89.8 Å². The van der Waals surface area contributed by atoms with Crippen molar-refractivity contribution in [2.24, 2.45) is 0 Å². The van der Waals surface area contributed by atoms with E-state index in [1.807, 2.05) is 0 Å². The van der Waals surface area contributed by atoms with Crippen LogP contribution in [0.5, 0.6) is 0 Å². The van der Waals surface area contributed by atoms with Gasteiger partial charge in [0.25, 0.3) is 16.7 Å². The molecule has 0 bridgehead atoms.